The second-order valence-electron chi connectivity index (χ2n) is 6.16. The van der Waals surface area contributed by atoms with Crippen molar-refractivity contribution in [2.75, 3.05) is 19.3 Å². The molecule has 2 aromatic heterocycles. The molecule has 7 nitrogen and oxygen atoms in total. The summed E-state index contributed by atoms with van der Waals surface area (Å²) in [5.74, 6) is 0.463. The molecule has 0 fully saturated rings. The number of nitrogens with zero attached hydrogens (tertiary/aromatic N) is 4. The Kier molecular flexibility index (Phi) is 4.06. The first kappa shape index (κ1) is 15.9. The van der Waals surface area contributed by atoms with Gasteiger partial charge in [-0.1, -0.05) is 11.3 Å². The summed E-state index contributed by atoms with van der Waals surface area (Å²) in [6.45, 7) is 2.17. The second-order valence-corrected chi connectivity index (χ2v) is 7.23. The highest BCUT2D eigenvalue weighted by molar-refractivity contribution is 7.22. The molecule has 1 aliphatic heterocycles. The zero-order valence-electron chi connectivity index (χ0n) is 13.8. The van der Waals surface area contributed by atoms with Crippen molar-refractivity contribution >= 4 is 32.6 Å². The number of rotatable bonds is 3. The van der Waals surface area contributed by atoms with Crippen molar-refractivity contribution in [2.24, 2.45) is 0 Å². The molecule has 3 aromatic rings. The highest BCUT2D eigenvalue weighted by atomic mass is 32.1. The number of nitrogens with two attached hydrogens (primary N) is 1. The van der Waals surface area contributed by atoms with Gasteiger partial charge in [-0.3, -0.25) is 4.79 Å². The molecule has 1 aliphatic rings. The lowest BCUT2D eigenvalue weighted by molar-refractivity contribution is 0.0950. The van der Waals surface area contributed by atoms with E-state index in [-0.39, 0.29) is 5.91 Å². The Labute approximate surface area is 148 Å². The lowest BCUT2D eigenvalue weighted by Gasteiger charge is -2.23. The standard InChI is InChI=1S/C17H18N6OS/c1-23-5-4-12-11(9-23)7-19-15(21-12)8-20-16(24)10-2-3-14-13(6-10)22-17(18)25-14/h2-3,6-7H,4-5,8-9H2,1H3,(H2,18,22)(H,20,24). The molecule has 8 heteroatoms. The van der Waals surface area contributed by atoms with Crippen molar-refractivity contribution in [1.82, 2.24) is 25.2 Å². The Morgan fingerprint density at radius 1 is 1.40 bits per heavy atom. The van der Waals surface area contributed by atoms with E-state index in [4.69, 9.17) is 5.73 Å². The van der Waals surface area contributed by atoms with Gasteiger partial charge in [0.1, 0.15) is 5.82 Å². The van der Waals surface area contributed by atoms with Crippen LogP contribution in [-0.4, -0.2) is 39.4 Å². The molecule has 0 bridgehead atoms. The number of fused-ring (bicyclic) bond motifs is 2. The van der Waals surface area contributed by atoms with Gasteiger partial charge < -0.3 is 16.0 Å². The van der Waals surface area contributed by atoms with Crippen molar-refractivity contribution in [1.29, 1.82) is 0 Å². The third kappa shape index (κ3) is 3.31. The van der Waals surface area contributed by atoms with E-state index in [0.717, 1.165) is 41.0 Å². The summed E-state index contributed by atoms with van der Waals surface area (Å²) in [4.78, 5) is 27.8. The van der Waals surface area contributed by atoms with E-state index in [2.05, 4.69) is 32.2 Å². The number of nitrogens with one attached hydrogen (secondary N) is 1. The number of benzene rings is 1. The average Bonchev–Trinajstić information content (AvgIpc) is 2.98. The predicted molar refractivity (Wildman–Crippen MR) is 97.3 cm³/mol. The lowest BCUT2D eigenvalue weighted by atomic mass is 10.1. The Bertz CT molecular complexity index is 953. The summed E-state index contributed by atoms with van der Waals surface area (Å²) in [6, 6.07) is 5.39. The van der Waals surface area contributed by atoms with Crippen molar-refractivity contribution in [3.63, 3.8) is 0 Å². The van der Waals surface area contributed by atoms with Crippen LogP contribution in [0.1, 0.15) is 27.4 Å². The Morgan fingerprint density at radius 2 is 2.28 bits per heavy atom. The van der Waals surface area contributed by atoms with E-state index < -0.39 is 0 Å². The van der Waals surface area contributed by atoms with Crippen LogP contribution in [-0.2, 0) is 19.5 Å². The molecule has 0 atom stereocenters. The maximum atomic E-state index is 12.4. The fourth-order valence-electron chi connectivity index (χ4n) is 2.93. The summed E-state index contributed by atoms with van der Waals surface area (Å²) < 4.78 is 0.969. The van der Waals surface area contributed by atoms with E-state index in [1.54, 1.807) is 12.1 Å². The molecule has 25 heavy (non-hydrogen) atoms. The minimum absolute atomic E-state index is 0.172. The van der Waals surface area contributed by atoms with Crippen LogP contribution in [0.5, 0.6) is 0 Å². The van der Waals surface area contributed by atoms with Gasteiger partial charge in [0, 0.05) is 42.5 Å². The molecule has 0 spiro atoms. The Balaban J connectivity index is 1.46. The number of hydrogen-bond donors (Lipinski definition) is 2. The average molecular weight is 354 g/mol. The first-order valence-electron chi connectivity index (χ1n) is 8.05. The van der Waals surface area contributed by atoms with Crippen LogP contribution in [0.3, 0.4) is 0 Å². The fourth-order valence-corrected chi connectivity index (χ4v) is 3.65. The van der Waals surface area contributed by atoms with Crippen LogP contribution in [0.25, 0.3) is 10.2 Å². The Morgan fingerprint density at radius 3 is 3.16 bits per heavy atom. The van der Waals surface area contributed by atoms with E-state index in [1.165, 1.54) is 11.3 Å². The minimum Gasteiger partial charge on any atom is -0.375 e. The summed E-state index contributed by atoms with van der Waals surface area (Å²) >= 11 is 1.41. The van der Waals surface area contributed by atoms with Crippen LogP contribution < -0.4 is 11.1 Å². The maximum absolute atomic E-state index is 12.4. The van der Waals surface area contributed by atoms with Gasteiger partial charge in [0.2, 0.25) is 0 Å². The normalized spacial score (nSPS) is 14.4. The first-order chi connectivity index (χ1) is 12.1. The molecule has 3 N–H and O–H groups in total. The van der Waals surface area contributed by atoms with Gasteiger partial charge in [0.05, 0.1) is 16.8 Å². The predicted octanol–water partition coefficient (Wildman–Crippen LogP) is 1.59. The van der Waals surface area contributed by atoms with Crippen LogP contribution >= 0.6 is 11.3 Å². The monoisotopic (exact) mass is 354 g/mol. The molecular formula is C17H18N6OS. The van der Waals surface area contributed by atoms with E-state index in [1.807, 2.05) is 12.3 Å². The molecule has 1 amide bonds. The maximum Gasteiger partial charge on any atom is 0.251 e. The summed E-state index contributed by atoms with van der Waals surface area (Å²) in [7, 11) is 2.09. The molecule has 0 unspecified atom stereocenters. The van der Waals surface area contributed by atoms with Crippen molar-refractivity contribution in [3.8, 4) is 0 Å². The highest BCUT2D eigenvalue weighted by Crippen LogP contribution is 2.24. The summed E-state index contributed by atoms with van der Waals surface area (Å²) in [6.07, 6.45) is 2.78. The molecule has 0 saturated carbocycles. The number of hydrogen-bond acceptors (Lipinski definition) is 7. The molecule has 0 aliphatic carbocycles. The van der Waals surface area contributed by atoms with E-state index in [0.29, 0.717) is 23.1 Å². The van der Waals surface area contributed by atoms with Crippen LogP contribution in [0.2, 0.25) is 0 Å². The van der Waals surface area contributed by atoms with E-state index in [9.17, 15) is 4.79 Å². The van der Waals surface area contributed by atoms with Crippen LogP contribution in [0.4, 0.5) is 5.13 Å². The van der Waals surface area contributed by atoms with Gasteiger partial charge in [0.25, 0.3) is 5.91 Å². The van der Waals surface area contributed by atoms with Gasteiger partial charge >= 0.3 is 0 Å². The number of nitrogen functional groups attached to an aromatic ring is 1. The number of carbonyl (C=O) groups excluding carboxylic acids is 1. The Hall–Kier alpha value is -2.58. The van der Waals surface area contributed by atoms with Gasteiger partial charge in [-0.2, -0.15) is 0 Å². The first-order valence-corrected chi connectivity index (χ1v) is 8.86. The number of amides is 1. The number of carbonyl (C=O) groups is 1. The zero-order chi connectivity index (χ0) is 17.4. The summed E-state index contributed by atoms with van der Waals surface area (Å²) in [5.41, 5.74) is 9.24. The van der Waals surface area contributed by atoms with Crippen LogP contribution in [0, 0.1) is 0 Å². The highest BCUT2D eigenvalue weighted by Gasteiger charge is 2.16. The van der Waals surface area contributed by atoms with Gasteiger partial charge in [0.15, 0.2) is 5.13 Å². The lowest BCUT2D eigenvalue weighted by Crippen LogP contribution is -2.29. The van der Waals surface area contributed by atoms with Gasteiger partial charge in [-0.15, -0.1) is 0 Å². The molecule has 4 rings (SSSR count). The molecule has 3 heterocycles. The second kappa shape index (κ2) is 6.38. The fraction of sp³-hybridized carbons (Fsp3) is 0.294. The molecule has 128 valence electrons. The molecule has 0 saturated heterocycles. The number of anilines is 1. The number of aromatic nitrogens is 3. The number of thiazole rings is 1. The smallest absolute Gasteiger partial charge is 0.251 e. The van der Waals surface area contributed by atoms with Crippen LogP contribution in [0.15, 0.2) is 24.4 Å². The topological polar surface area (TPSA) is 97.0 Å². The minimum atomic E-state index is -0.172. The largest absolute Gasteiger partial charge is 0.375 e. The van der Waals surface area contributed by atoms with Crippen molar-refractivity contribution in [3.05, 3.63) is 47.0 Å². The van der Waals surface area contributed by atoms with Crippen molar-refractivity contribution in [2.45, 2.75) is 19.5 Å². The van der Waals surface area contributed by atoms with E-state index >= 15 is 0 Å². The quantitative estimate of drug-likeness (QED) is 0.741. The molecule has 1 aromatic carbocycles. The third-order valence-electron chi connectivity index (χ3n) is 4.25. The van der Waals surface area contributed by atoms with Gasteiger partial charge in [-0.05, 0) is 25.2 Å². The molecular weight excluding hydrogens is 336 g/mol. The van der Waals surface area contributed by atoms with Gasteiger partial charge in [-0.25, -0.2) is 15.0 Å². The molecule has 0 radical (unpaired) electrons. The summed E-state index contributed by atoms with van der Waals surface area (Å²) in [5, 5.41) is 3.37. The third-order valence-corrected chi connectivity index (χ3v) is 5.11. The number of likely N-dealkylation sites (N-methyl/N-ethyl adjacent to an activating group) is 1. The van der Waals surface area contributed by atoms with Crippen molar-refractivity contribution < 1.29 is 4.79 Å². The zero-order valence-corrected chi connectivity index (χ0v) is 14.6. The SMILES string of the molecule is CN1CCc2nc(CNC(=O)c3ccc4sc(N)nc4c3)ncc2C1.